The summed E-state index contributed by atoms with van der Waals surface area (Å²) in [5.74, 6) is 2.15. The van der Waals surface area contributed by atoms with Crippen molar-refractivity contribution in [3.8, 4) is 67.5 Å². The van der Waals surface area contributed by atoms with Gasteiger partial charge in [-0.15, -0.1) is 0 Å². The Hall–Kier alpha value is -7.48. The van der Waals surface area contributed by atoms with Gasteiger partial charge in [0.2, 0.25) is 0 Å². The Labute approximate surface area is 344 Å². The Morgan fingerprint density at radius 2 is 0.583 bits per heavy atom. The molecular formula is C48H38N4O8. The van der Waals surface area contributed by atoms with Gasteiger partial charge < -0.3 is 29.5 Å². The summed E-state index contributed by atoms with van der Waals surface area (Å²) < 4.78 is 0. The van der Waals surface area contributed by atoms with Crippen LogP contribution >= 0.6 is 0 Å². The van der Waals surface area contributed by atoms with E-state index in [1.807, 2.05) is 146 Å². The molecule has 7 aromatic rings. The Balaban J connectivity index is 1.44. The third-order valence-corrected chi connectivity index (χ3v) is 9.96. The molecule has 2 aliphatic heterocycles. The average molecular weight is 799 g/mol. The van der Waals surface area contributed by atoms with Crippen molar-refractivity contribution in [1.82, 2.24) is 19.9 Å². The van der Waals surface area contributed by atoms with Crippen LogP contribution in [0.3, 0.4) is 0 Å². The molecule has 0 atom stereocenters. The maximum atomic E-state index is 5.48. The second-order valence-electron chi connectivity index (χ2n) is 13.6. The largest absolute Gasteiger partial charge is 0.354 e. The zero-order valence-corrected chi connectivity index (χ0v) is 33.0. The van der Waals surface area contributed by atoms with E-state index < -0.39 is 0 Å². The number of H-pyrrole nitrogens is 2. The number of nitrogens with one attached hydrogen (secondary N) is 2. The molecule has 3 aromatic heterocycles. The van der Waals surface area contributed by atoms with Crippen LogP contribution < -0.4 is 19.6 Å². The lowest BCUT2D eigenvalue weighted by Gasteiger charge is -2.09. The van der Waals surface area contributed by atoms with Crippen LogP contribution in [0.2, 0.25) is 0 Å². The molecule has 0 radical (unpaired) electrons. The van der Waals surface area contributed by atoms with Gasteiger partial charge >= 0.3 is 0 Å². The molecule has 298 valence electrons. The molecule has 2 N–H and O–H groups in total. The number of benzene rings is 4. The summed E-state index contributed by atoms with van der Waals surface area (Å²) >= 11 is 0. The molecule has 0 amide bonds. The highest BCUT2D eigenvalue weighted by molar-refractivity contribution is 6.00. The Bertz CT molecular complexity index is 2580. The van der Waals surface area contributed by atoms with Gasteiger partial charge in [-0.1, -0.05) is 48.5 Å². The van der Waals surface area contributed by atoms with Crippen molar-refractivity contribution in [3.05, 3.63) is 144 Å². The molecule has 12 nitrogen and oxygen atoms in total. The third-order valence-electron chi connectivity index (χ3n) is 9.96. The predicted octanol–water partition coefficient (Wildman–Crippen LogP) is 11.1. The van der Waals surface area contributed by atoms with Crippen LogP contribution in [0.15, 0.2) is 121 Å². The number of fused-ring (bicyclic) bond motifs is 8. The normalized spacial score (nSPS) is 11.8. The van der Waals surface area contributed by atoms with Crippen molar-refractivity contribution in [2.75, 3.05) is 28.4 Å². The molecule has 0 fully saturated rings. The summed E-state index contributed by atoms with van der Waals surface area (Å²) in [5.41, 5.74) is 12.9. The summed E-state index contributed by atoms with van der Waals surface area (Å²) in [6, 6.07) is 39.0. The Morgan fingerprint density at radius 3 is 0.817 bits per heavy atom. The van der Waals surface area contributed by atoms with E-state index in [0.717, 1.165) is 89.4 Å². The molecule has 8 bridgehead atoms. The quantitative estimate of drug-likeness (QED) is 0.0909. The monoisotopic (exact) mass is 798 g/mol. The summed E-state index contributed by atoms with van der Waals surface area (Å²) in [4.78, 5) is 60.3. The minimum absolute atomic E-state index is 0.538. The summed E-state index contributed by atoms with van der Waals surface area (Å²) in [5, 5.41) is 0. The minimum Gasteiger partial charge on any atom is -0.354 e. The lowest BCUT2D eigenvalue weighted by atomic mass is 10.0. The molecule has 12 heteroatoms. The molecule has 0 unspecified atom stereocenters. The Morgan fingerprint density at radius 1 is 0.333 bits per heavy atom. The van der Waals surface area contributed by atoms with Crippen molar-refractivity contribution < 1.29 is 39.1 Å². The summed E-state index contributed by atoms with van der Waals surface area (Å²) in [7, 11) is 5.91. The predicted molar refractivity (Wildman–Crippen MR) is 231 cm³/mol. The third kappa shape index (κ3) is 7.50. The van der Waals surface area contributed by atoms with E-state index in [1.165, 1.54) is 28.4 Å². The van der Waals surface area contributed by atoms with Crippen molar-refractivity contribution >= 4 is 46.4 Å². The fourth-order valence-corrected chi connectivity index (χ4v) is 7.62. The fraction of sp³-hybridized carbons (Fsp3) is 0.0833. The van der Waals surface area contributed by atoms with Crippen molar-refractivity contribution in [2.45, 2.75) is 0 Å². The number of nitrogens with zero attached hydrogens (tertiary/aromatic N) is 2. The van der Waals surface area contributed by atoms with Gasteiger partial charge in [0, 0.05) is 44.3 Å². The lowest BCUT2D eigenvalue weighted by molar-refractivity contribution is -0.178. The van der Waals surface area contributed by atoms with E-state index in [-0.39, 0.29) is 0 Å². The van der Waals surface area contributed by atoms with E-state index in [1.54, 1.807) is 0 Å². The summed E-state index contributed by atoms with van der Waals surface area (Å²) in [6.45, 7) is 0. The highest BCUT2D eigenvalue weighted by Gasteiger charge is 2.20. The zero-order valence-electron chi connectivity index (χ0n) is 33.0. The molecule has 5 heterocycles. The van der Waals surface area contributed by atoms with Gasteiger partial charge in [-0.05, 0) is 119 Å². The zero-order chi connectivity index (χ0) is 41.0. The first-order chi connectivity index (χ1) is 29.5. The first-order valence-electron chi connectivity index (χ1n) is 18.9. The topological polar surface area (TPSA) is 131 Å². The van der Waals surface area contributed by atoms with Crippen LogP contribution in [0, 0.1) is 0 Å². The van der Waals surface area contributed by atoms with Gasteiger partial charge in [0.05, 0.1) is 51.2 Å². The first-order valence-corrected chi connectivity index (χ1v) is 18.9. The van der Waals surface area contributed by atoms with E-state index in [0.29, 0.717) is 23.0 Å². The second kappa shape index (κ2) is 16.8. The molecular weight excluding hydrogens is 761 g/mol. The number of hydrogen-bond donors (Lipinski definition) is 2. The van der Waals surface area contributed by atoms with Crippen molar-refractivity contribution in [2.24, 2.45) is 0 Å². The molecule has 9 rings (SSSR count). The maximum absolute atomic E-state index is 5.48. The lowest BCUT2D eigenvalue weighted by Crippen LogP contribution is -1.93. The van der Waals surface area contributed by atoms with Crippen LogP contribution in [0.25, 0.3) is 90.9 Å². The number of aromatic amines is 2. The van der Waals surface area contributed by atoms with Crippen LogP contribution in [-0.4, -0.2) is 48.4 Å². The van der Waals surface area contributed by atoms with Gasteiger partial charge in [-0.25, -0.2) is 9.97 Å². The molecule has 0 saturated heterocycles. The molecule has 0 aliphatic carbocycles. The van der Waals surface area contributed by atoms with Gasteiger partial charge in [0.1, 0.15) is 0 Å². The van der Waals surface area contributed by atoms with Crippen LogP contribution in [0.5, 0.6) is 23.0 Å². The minimum atomic E-state index is 0.538. The van der Waals surface area contributed by atoms with Gasteiger partial charge in [0.25, 0.3) is 0 Å². The molecule has 60 heavy (non-hydrogen) atoms. The van der Waals surface area contributed by atoms with E-state index in [9.17, 15) is 0 Å². The average Bonchev–Trinajstić information content (AvgIpc) is 4.10. The van der Waals surface area contributed by atoms with Crippen molar-refractivity contribution in [1.29, 1.82) is 0 Å². The SMILES string of the molecule is COOc1cccc(-c2c3nc(c(-c4cccc(OOC)c4)c4ccc([nH]4)c(-c4cccc(OOC)c4)c4nc(c(-c5cccc(OOC)c5)c5ccc2[nH]5)C=C4)C=C3)c1. The number of aromatic nitrogens is 4. The second-order valence-corrected chi connectivity index (χ2v) is 13.6. The van der Waals surface area contributed by atoms with Crippen LogP contribution in [0.1, 0.15) is 22.8 Å². The van der Waals surface area contributed by atoms with Crippen LogP contribution in [-0.2, 0) is 19.6 Å². The molecule has 0 saturated carbocycles. The summed E-state index contributed by atoms with van der Waals surface area (Å²) in [6.07, 6.45) is 8.08. The smallest absolute Gasteiger partial charge is 0.166 e. The maximum Gasteiger partial charge on any atom is 0.166 e. The van der Waals surface area contributed by atoms with Gasteiger partial charge in [0.15, 0.2) is 23.0 Å². The molecule has 0 spiro atoms. The molecule has 2 aliphatic rings. The highest BCUT2D eigenvalue weighted by atomic mass is 17.2. The van der Waals surface area contributed by atoms with E-state index in [4.69, 9.17) is 49.1 Å². The standard InChI is InChI=1S/C48H38N4O8/c1-53-57-33-13-5-9-29(25-33)45-37-17-19-39(49-37)46(30-10-6-14-34(26-30)58-54-2)41-21-23-43(51-41)48(32-12-8-16-36(28-32)60-56-4)44-24-22-42(52-44)47(40-20-18-38(45)50-40)31-11-7-15-35(27-31)59-55-3/h5-28,49,52H,1-4H3. The van der Waals surface area contributed by atoms with Crippen molar-refractivity contribution in [3.63, 3.8) is 0 Å². The first kappa shape index (κ1) is 38.1. The molecule has 4 aromatic carbocycles. The Kier molecular flexibility index (Phi) is 10.6. The number of rotatable bonds is 12. The van der Waals surface area contributed by atoms with Gasteiger partial charge in [-0.3, -0.25) is 0 Å². The highest BCUT2D eigenvalue weighted by Crippen LogP contribution is 2.40. The van der Waals surface area contributed by atoms with E-state index >= 15 is 0 Å². The number of hydrogen-bond acceptors (Lipinski definition) is 10. The van der Waals surface area contributed by atoms with E-state index in [2.05, 4.69) is 9.97 Å². The van der Waals surface area contributed by atoms with Gasteiger partial charge in [-0.2, -0.15) is 19.6 Å². The fourth-order valence-electron chi connectivity index (χ4n) is 7.62. The van der Waals surface area contributed by atoms with Crippen LogP contribution in [0.4, 0.5) is 0 Å².